The van der Waals surface area contributed by atoms with Crippen molar-refractivity contribution in [1.82, 2.24) is 15.3 Å². The molecule has 2 aromatic rings. The SMILES string of the molecule is COc1cc(OC)c(CN2C(=O)CNc3c(C(=O)NCC4=CCC(C)=NO4)ncnc32)c(OC)c1. The fourth-order valence-corrected chi connectivity index (χ4v) is 3.68. The van der Waals surface area contributed by atoms with Gasteiger partial charge in [0.15, 0.2) is 17.3 Å². The highest BCUT2D eigenvalue weighted by Gasteiger charge is 2.31. The van der Waals surface area contributed by atoms with Crippen LogP contribution in [0.2, 0.25) is 0 Å². The van der Waals surface area contributed by atoms with Gasteiger partial charge in [-0.1, -0.05) is 5.16 Å². The average Bonchev–Trinajstić information content (AvgIpc) is 2.89. The van der Waals surface area contributed by atoms with Gasteiger partial charge in [-0.15, -0.1) is 0 Å². The Kier molecular flexibility index (Phi) is 6.99. The summed E-state index contributed by atoms with van der Waals surface area (Å²) in [6.45, 7) is 2.07. The van der Waals surface area contributed by atoms with Crippen LogP contribution in [-0.2, 0) is 16.2 Å². The normalized spacial score (nSPS) is 14.6. The summed E-state index contributed by atoms with van der Waals surface area (Å²) in [5, 5.41) is 9.66. The zero-order valence-electron chi connectivity index (χ0n) is 19.9. The maximum atomic E-state index is 12.9. The number of fused-ring (bicyclic) bond motifs is 1. The number of rotatable bonds is 8. The topological polar surface area (TPSA) is 136 Å². The van der Waals surface area contributed by atoms with E-state index in [4.69, 9.17) is 19.0 Å². The first-order valence-electron chi connectivity index (χ1n) is 10.8. The van der Waals surface area contributed by atoms with E-state index in [9.17, 15) is 9.59 Å². The van der Waals surface area contributed by atoms with Gasteiger partial charge >= 0.3 is 0 Å². The first kappa shape index (κ1) is 23.8. The molecule has 12 heteroatoms. The molecule has 0 fully saturated rings. The molecule has 0 saturated carbocycles. The van der Waals surface area contributed by atoms with Crippen molar-refractivity contribution in [3.63, 3.8) is 0 Å². The molecule has 184 valence electrons. The van der Waals surface area contributed by atoms with Crippen LogP contribution in [0.4, 0.5) is 11.5 Å². The molecule has 0 atom stereocenters. The van der Waals surface area contributed by atoms with Gasteiger partial charge in [-0.2, -0.15) is 0 Å². The van der Waals surface area contributed by atoms with Gasteiger partial charge in [0.2, 0.25) is 5.91 Å². The van der Waals surface area contributed by atoms with Gasteiger partial charge in [0.25, 0.3) is 5.91 Å². The molecular formula is C23H26N6O6. The Bertz CT molecular complexity index is 1190. The number of carbonyl (C=O) groups is 2. The van der Waals surface area contributed by atoms with Gasteiger partial charge in [-0.3, -0.25) is 14.5 Å². The maximum Gasteiger partial charge on any atom is 0.272 e. The molecule has 3 heterocycles. The van der Waals surface area contributed by atoms with Crippen molar-refractivity contribution in [2.75, 3.05) is 44.6 Å². The Hall–Kier alpha value is -4.35. The number of aromatic nitrogens is 2. The minimum atomic E-state index is -0.444. The van der Waals surface area contributed by atoms with Crippen molar-refractivity contribution in [3.8, 4) is 17.2 Å². The van der Waals surface area contributed by atoms with Crippen molar-refractivity contribution in [1.29, 1.82) is 0 Å². The van der Waals surface area contributed by atoms with E-state index in [2.05, 4.69) is 25.8 Å². The highest BCUT2D eigenvalue weighted by Crippen LogP contribution is 2.38. The van der Waals surface area contributed by atoms with Crippen molar-refractivity contribution in [3.05, 3.63) is 41.6 Å². The molecule has 2 aliphatic rings. The highest BCUT2D eigenvalue weighted by molar-refractivity contribution is 6.07. The van der Waals surface area contributed by atoms with Crippen LogP contribution in [0.1, 0.15) is 29.4 Å². The summed E-state index contributed by atoms with van der Waals surface area (Å²) in [7, 11) is 4.58. The summed E-state index contributed by atoms with van der Waals surface area (Å²) in [4.78, 5) is 40.9. The number of nitrogens with one attached hydrogen (secondary N) is 2. The van der Waals surface area contributed by atoms with E-state index in [-0.39, 0.29) is 37.1 Å². The quantitative estimate of drug-likeness (QED) is 0.578. The fraction of sp³-hybridized carbons (Fsp3) is 0.348. The molecule has 2 amide bonds. The van der Waals surface area contributed by atoms with Crippen molar-refractivity contribution in [2.45, 2.75) is 19.9 Å². The molecule has 0 spiro atoms. The number of ether oxygens (including phenoxy) is 3. The first-order chi connectivity index (χ1) is 16.9. The molecule has 0 unspecified atom stereocenters. The van der Waals surface area contributed by atoms with Crippen LogP contribution in [0.5, 0.6) is 17.2 Å². The number of hydrogen-bond acceptors (Lipinski definition) is 10. The van der Waals surface area contributed by atoms with Crippen LogP contribution in [0.15, 0.2) is 35.5 Å². The number of methoxy groups -OCH3 is 3. The molecule has 2 N–H and O–H groups in total. The molecule has 0 radical (unpaired) electrons. The number of allylic oxidation sites excluding steroid dienone is 1. The molecule has 2 aliphatic heterocycles. The zero-order valence-corrected chi connectivity index (χ0v) is 19.9. The second-order valence-electron chi connectivity index (χ2n) is 7.74. The minimum absolute atomic E-state index is 0.0380. The lowest BCUT2D eigenvalue weighted by Gasteiger charge is -2.30. The van der Waals surface area contributed by atoms with Crippen molar-refractivity contribution in [2.24, 2.45) is 5.16 Å². The monoisotopic (exact) mass is 482 g/mol. The Morgan fingerprint density at radius 3 is 2.54 bits per heavy atom. The molecule has 1 aromatic heterocycles. The lowest BCUT2D eigenvalue weighted by atomic mass is 10.1. The van der Waals surface area contributed by atoms with Crippen LogP contribution < -0.4 is 29.7 Å². The van der Waals surface area contributed by atoms with Crippen molar-refractivity contribution < 1.29 is 28.6 Å². The third-order valence-electron chi connectivity index (χ3n) is 5.52. The second-order valence-corrected chi connectivity index (χ2v) is 7.74. The smallest absolute Gasteiger partial charge is 0.272 e. The third-order valence-corrected chi connectivity index (χ3v) is 5.52. The van der Waals surface area contributed by atoms with E-state index in [0.717, 1.165) is 5.71 Å². The second kappa shape index (κ2) is 10.3. The molecular weight excluding hydrogens is 456 g/mol. The molecule has 35 heavy (non-hydrogen) atoms. The van der Waals surface area contributed by atoms with Gasteiger partial charge in [0.1, 0.15) is 29.3 Å². The van der Waals surface area contributed by atoms with E-state index in [1.54, 1.807) is 19.2 Å². The Balaban J connectivity index is 1.60. The van der Waals surface area contributed by atoms with Gasteiger partial charge in [-0.25, -0.2) is 9.97 Å². The first-order valence-corrected chi connectivity index (χ1v) is 10.8. The Morgan fingerprint density at radius 1 is 1.17 bits per heavy atom. The summed E-state index contributed by atoms with van der Waals surface area (Å²) in [5.41, 5.74) is 1.93. The van der Waals surface area contributed by atoms with Crippen LogP contribution in [-0.4, -0.2) is 61.9 Å². The number of carbonyl (C=O) groups excluding carboxylic acids is 2. The van der Waals surface area contributed by atoms with E-state index >= 15 is 0 Å². The number of anilines is 2. The number of benzene rings is 1. The standard InChI is InChI=1S/C23H26N6O6/c1-13-5-6-14(35-28-13)9-25-23(31)21-20-22(27-12-26-21)29(19(30)10-24-20)11-16-17(33-3)7-15(32-2)8-18(16)34-4/h6-8,12,24H,5,9-11H2,1-4H3,(H,25,31). The lowest BCUT2D eigenvalue weighted by Crippen LogP contribution is -2.41. The molecule has 4 rings (SSSR count). The summed E-state index contributed by atoms with van der Waals surface area (Å²) in [6.07, 6.45) is 3.75. The minimum Gasteiger partial charge on any atom is -0.496 e. The van der Waals surface area contributed by atoms with E-state index in [1.807, 2.05) is 13.0 Å². The van der Waals surface area contributed by atoms with Gasteiger partial charge in [0, 0.05) is 18.6 Å². The average molecular weight is 482 g/mol. The van der Waals surface area contributed by atoms with Gasteiger partial charge in [-0.05, 0) is 13.0 Å². The van der Waals surface area contributed by atoms with Crippen LogP contribution in [0.25, 0.3) is 0 Å². The van der Waals surface area contributed by atoms with E-state index in [0.29, 0.717) is 40.7 Å². The van der Waals surface area contributed by atoms with Gasteiger partial charge in [0.05, 0.1) is 52.2 Å². The van der Waals surface area contributed by atoms with Crippen LogP contribution in [0.3, 0.4) is 0 Å². The number of hydrogen-bond donors (Lipinski definition) is 2. The number of amides is 2. The largest absolute Gasteiger partial charge is 0.496 e. The van der Waals surface area contributed by atoms with Gasteiger partial charge < -0.3 is 29.7 Å². The fourth-order valence-electron chi connectivity index (χ4n) is 3.68. The van der Waals surface area contributed by atoms with E-state index in [1.165, 1.54) is 25.4 Å². The molecule has 0 saturated heterocycles. The maximum absolute atomic E-state index is 12.9. The number of nitrogens with zero attached hydrogens (tertiary/aromatic N) is 4. The predicted molar refractivity (Wildman–Crippen MR) is 127 cm³/mol. The van der Waals surface area contributed by atoms with Crippen molar-refractivity contribution >= 4 is 29.0 Å². The molecule has 0 bridgehead atoms. The summed E-state index contributed by atoms with van der Waals surface area (Å²) in [6, 6.07) is 3.41. The Morgan fingerprint density at radius 2 is 1.91 bits per heavy atom. The zero-order chi connectivity index (χ0) is 24.9. The summed E-state index contributed by atoms with van der Waals surface area (Å²) >= 11 is 0. The van der Waals surface area contributed by atoms with E-state index < -0.39 is 5.91 Å². The summed E-state index contributed by atoms with van der Waals surface area (Å²) < 4.78 is 16.3. The van der Waals surface area contributed by atoms with Crippen LogP contribution in [0, 0.1) is 0 Å². The summed E-state index contributed by atoms with van der Waals surface area (Å²) in [5.74, 6) is 1.65. The molecule has 1 aromatic carbocycles. The number of oxime groups is 1. The highest BCUT2D eigenvalue weighted by atomic mass is 16.6. The Labute approximate surface area is 201 Å². The van der Waals surface area contributed by atoms with Crippen LogP contribution >= 0.6 is 0 Å². The predicted octanol–water partition coefficient (Wildman–Crippen LogP) is 1.87. The molecule has 12 nitrogen and oxygen atoms in total. The third kappa shape index (κ3) is 4.95. The lowest BCUT2D eigenvalue weighted by molar-refractivity contribution is -0.117. The molecule has 0 aliphatic carbocycles.